The molecular weight excluding hydrogens is 290 g/mol. The summed E-state index contributed by atoms with van der Waals surface area (Å²) < 4.78 is 10.5. The molecule has 0 aromatic heterocycles. The molecule has 8 nitrogen and oxygen atoms in total. The van der Waals surface area contributed by atoms with Gasteiger partial charge >= 0.3 is 0 Å². The fraction of sp³-hybridized carbons (Fsp3) is 0.786. The highest BCUT2D eigenvalue weighted by molar-refractivity contribution is 5.87. The molecule has 1 atom stereocenters. The van der Waals surface area contributed by atoms with Gasteiger partial charge in [0.1, 0.15) is 6.04 Å². The molecule has 128 valence electrons. The fourth-order valence-electron chi connectivity index (χ4n) is 1.54. The van der Waals surface area contributed by atoms with Crippen LogP contribution >= 0.6 is 0 Å². The molecule has 0 saturated heterocycles. The number of amides is 3. The van der Waals surface area contributed by atoms with E-state index in [1.165, 1.54) is 13.8 Å². The van der Waals surface area contributed by atoms with Crippen LogP contribution in [0, 0.1) is 0 Å². The maximum Gasteiger partial charge on any atom is 0.244 e. The molecular formula is C14H27N3O5. The van der Waals surface area contributed by atoms with Gasteiger partial charge in [0.15, 0.2) is 0 Å². The highest BCUT2D eigenvalue weighted by Crippen LogP contribution is 1.85. The average molecular weight is 317 g/mol. The monoisotopic (exact) mass is 317 g/mol. The van der Waals surface area contributed by atoms with Crippen molar-refractivity contribution in [2.45, 2.75) is 33.2 Å². The molecule has 0 aromatic rings. The summed E-state index contributed by atoms with van der Waals surface area (Å²) in [5.41, 5.74) is 0. The third-order valence-electron chi connectivity index (χ3n) is 2.52. The molecule has 0 aromatic carbocycles. The second-order valence-corrected chi connectivity index (χ2v) is 4.71. The number of nitrogens with one attached hydrogen (secondary N) is 3. The standard InChI is InChI=1S/C14H27N3O5/c1-4-6-21-8-9-22-7-5-15-14(20)13(17-12(3)19)10-16-11(2)18/h13H,4-10H2,1-3H3,(H,15,20)(H,16,18)(H,17,19). The van der Waals surface area contributed by atoms with E-state index in [4.69, 9.17) is 9.47 Å². The fourth-order valence-corrected chi connectivity index (χ4v) is 1.54. The zero-order chi connectivity index (χ0) is 16.8. The molecule has 0 bridgehead atoms. The normalized spacial score (nSPS) is 11.6. The third kappa shape index (κ3) is 12.1. The Labute approximate surface area is 131 Å². The minimum Gasteiger partial charge on any atom is -0.379 e. The smallest absolute Gasteiger partial charge is 0.244 e. The van der Waals surface area contributed by atoms with Gasteiger partial charge in [0.05, 0.1) is 19.8 Å². The van der Waals surface area contributed by atoms with Crippen molar-refractivity contribution in [1.82, 2.24) is 16.0 Å². The lowest BCUT2D eigenvalue weighted by Gasteiger charge is -2.17. The second kappa shape index (κ2) is 13.0. The van der Waals surface area contributed by atoms with Crippen molar-refractivity contribution < 1.29 is 23.9 Å². The van der Waals surface area contributed by atoms with Crippen molar-refractivity contribution >= 4 is 17.7 Å². The van der Waals surface area contributed by atoms with E-state index in [2.05, 4.69) is 16.0 Å². The summed E-state index contributed by atoms with van der Waals surface area (Å²) in [6, 6.07) is -0.797. The number of hydrogen-bond donors (Lipinski definition) is 3. The first-order valence-corrected chi connectivity index (χ1v) is 7.42. The van der Waals surface area contributed by atoms with E-state index >= 15 is 0 Å². The van der Waals surface area contributed by atoms with E-state index in [9.17, 15) is 14.4 Å². The first-order valence-electron chi connectivity index (χ1n) is 7.42. The Morgan fingerprint density at radius 1 is 0.909 bits per heavy atom. The van der Waals surface area contributed by atoms with Gasteiger partial charge in [-0.25, -0.2) is 0 Å². The topological polar surface area (TPSA) is 106 Å². The molecule has 0 heterocycles. The van der Waals surface area contributed by atoms with E-state index < -0.39 is 6.04 Å². The predicted molar refractivity (Wildman–Crippen MR) is 81.2 cm³/mol. The molecule has 0 saturated carbocycles. The Bertz CT molecular complexity index is 349. The van der Waals surface area contributed by atoms with Crippen LogP contribution in [0.4, 0.5) is 0 Å². The first-order chi connectivity index (χ1) is 10.5. The molecule has 0 aliphatic carbocycles. The summed E-state index contributed by atoms with van der Waals surface area (Å²) in [6.45, 7) is 7.12. The summed E-state index contributed by atoms with van der Waals surface area (Å²) in [6.07, 6.45) is 0.967. The van der Waals surface area contributed by atoms with Crippen LogP contribution in [0.25, 0.3) is 0 Å². The van der Waals surface area contributed by atoms with Crippen molar-refractivity contribution in [1.29, 1.82) is 0 Å². The number of ether oxygens (including phenoxy) is 2. The molecule has 3 amide bonds. The average Bonchev–Trinajstić information content (AvgIpc) is 2.45. The number of carbonyl (C=O) groups is 3. The summed E-state index contributed by atoms with van der Waals surface area (Å²) in [5, 5.41) is 7.63. The molecule has 22 heavy (non-hydrogen) atoms. The van der Waals surface area contributed by atoms with Crippen LogP contribution in [-0.4, -0.2) is 63.3 Å². The van der Waals surface area contributed by atoms with Crippen LogP contribution < -0.4 is 16.0 Å². The molecule has 0 rings (SSSR count). The Kier molecular flexibility index (Phi) is 12.0. The van der Waals surface area contributed by atoms with Crippen LogP contribution in [0.3, 0.4) is 0 Å². The Morgan fingerprint density at radius 2 is 1.55 bits per heavy atom. The predicted octanol–water partition coefficient (Wildman–Crippen LogP) is -0.813. The van der Waals surface area contributed by atoms with Gasteiger partial charge in [-0.05, 0) is 6.42 Å². The van der Waals surface area contributed by atoms with Crippen molar-refractivity contribution in [3.05, 3.63) is 0 Å². The maximum absolute atomic E-state index is 11.9. The van der Waals surface area contributed by atoms with Crippen LogP contribution in [0.5, 0.6) is 0 Å². The van der Waals surface area contributed by atoms with Crippen molar-refractivity contribution in [3.63, 3.8) is 0 Å². The van der Waals surface area contributed by atoms with Gasteiger partial charge in [0, 0.05) is 33.5 Å². The third-order valence-corrected chi connectivity index (χ3v) is 2.52. The van der Waals surface area contributed by atoms with E-state index in [0.717, 1.165) is 6.42 Å². The highest BCUT2D eigenvalue weighted by Gasteiger charge is 2.19. The summed E-state index contributed by atoms with van der Waals surface area (Å²) >= 11 is 0. The molecule has 0 aliphatic rings. The minimum atomic E-state index is -0.797. The zero-order valence-corrected chi connectivity index (χ0v) is 13.6. The SMILES string of the molecule is CCCOCCOCCNC(=O)C(CNC(C)=O)NC(C)=O. The van der Waals surface area contributed by atoms with Gasteiger partial charge in [-0.15, -0.1) is 0 Å². The van der Waals surface area contributed by atoms with Crippen LogP contribution in [0.2, 0.25) is 0 Å². The van der Waals surface area contributed by atoms with Crippen LogP contribution in [-0.2, 0) is 23.9 Å². The van der Waals surface area contributed by atoms with E-state index in [1.54, 1.807) is 0 Å². The van der Waals surface area contributed by atoms with E-state index in [0.29, 0.717) is 33.0 Å². The van der Waals surface area contributed by atoms with Crippen molar-refractivity contribution in [2.24, 2.45) is 0 Å². The van der Waals surface area contributed by atoms with Gasteiger partial charge in [-0.3, -0.25) is 14.4 Å². The Hall–Kier alpha value is -1.67. The van der Waals surface area contributed by atoms with Gasteiger partial charge in [-0.1, -0.05) is 6.92 Å². The first kappa shape index (κ1) is 20.3. The largest absolute Gasteiger partial charge is 0.379 e. The van der Waals surface area contributed by atoms with Gasteiger partial charge in [0.25, 0.3) is 0 Å². The van der Waals surface area contributed by atoms with E-state index in [1.807, 2.05) is 6.92 Å². The minimum absolute atomic E-state index is 0.0481. The van der Waals surface area contributed by atoms with Crippen molar-refractivity contribution in [2.75, 3.05) is 39.5 Å². The lowest BCUT2D eigenvalue weighted by atomic mass is 10.2. The van der Waals surface area contributed by atoms with E-state index in [-0.39, 0.29) is 24.3 Å². The van der Waals surface area contributed by atoms with Crippen LogP contribution in [0.15, 0.2) is 0 Å². The highest BCUT2D eigenvalue weighted by atomic mass is 16.5. The van der Waals surface area contributed by atoms with Gasteiger partial charge < -0.3 is 25.4 Å². The molecule has 0 radical (unpaired) electrons. The summed E-state index contributed by atoms with van der Waals surface area (Å²) in [5.74, 6) is -0.969. The molecule has 0 spiro atoms. The van der Waals surface area contributed by atoms with Crippen LogP contribution in [0.1, 0.15) is 27.2 Å². The van der Waals surface area contributed by atoms with Gasteiger partial charge in [-0.2, -0.15) is 0 Å². The molecule has 1 unspecified atom stereocenters. The maximum atomic E-state index is 11.9. The molecule has 0 fully saturated rings. The quantitative estimate of drug-likeness (QED) is 0.408. The molecule has 8 heteroatoms. The molecule has 0 aliphatic heterocycles. The number of carbonyl (C=O) groups excluding carboxylic acids is 3. The summed E-state index contributed by atoms with van der Waals surface area (Å²) in [4.78, 5) is 33.8. The number of hydrogen-bond acceptors (Lipinski definition) is 5. The molecule has 3 N–H and O–H groups in total. The zero-order valence-electron chi connectivity index (χ0n) is 13.6. The van der Waals surface area contributed by atoms with Gasteiger partial charge in [0.2, 0.25) is 17.7 Å². The van der Waals surface area contributed by atoms with Crippen molar-refractivity contribution in [3.8, 4) is 0 Å². The Balaban J connectivity index is 3.87. The summed E-state index contributed by atoms with van der Waals surface area (Å²) in [7, 11) is 0. The number of rotatable bonds is 12. The Morgan fingerprint density at radius 3 is 2.09 bits per heavy atom. The lowest BCUT2D eigenvalue weighted by Crippen LogP contribution is -2.52. The second-order valence-electron chi connectivity index (χ2n) is 4.71. The lowest BCUT2D eigenvalue weighted by molar-refractivity contribution is -0.128.